The Morgan fingerprint density at radius 1 is 1.25 bits per heavy atom. The topological polar surface area (TPSA) is 162 Å². The highest BCUT2D eigenvalue weighted by atomic mass is 16.6. The Bertz CT molecular complexity index is 668. The molecule has 0 spiro atoms. The molecule has 6 N–H and O–H groups in total. The minimum absolute atomic E-state index is 0.0348. The number of carbonyl (C=O) groups is 3. The van der Waals surface area contributed by atoms with Crippen molar-refractivity contribution >= 4 is 25.1 Å². The molecule has 1 fully saturated rings. The molecule has 1 aliphatic rings. The first-order chi connectivity index (χ1) is 14.6. The smallest absolute Gasteiger partial charge is 0.451 e. The summed E-state index contributed by atoms with van der Waals surface area (Å²) in [5.74, 6) is -2.19. The highest BCUT2D eigenvalue weighted by molar-refractivity contribution is 6.40. The van der Waals surface area contributed by atoms with Gasteiger partial charge in [0.25, 0.3) is 0 Å². The van der Waals surface area contributed by atoms with Gasteiger partial charge in [0, 0.05) is 19.5 Å². The normalized spacial score (nSPS) is 24.6. The summed E-state index contributed by atoms with van der Waals surface area (Å²) in [5.41, 5.74) is 4.10. The molecule has 0 bridgehead atoms. The van der Waals surface area contributed by atoms with Crippen molar-refractivity contribution in [2.24, 2.45) is 23.5 Å². The molecule has 4 atom stereocenters. The third-order valence-corrected chi connectivity index (χ3v) is 5.99. The average molecular weight is 457 g/mol. The van der Waals surface area contributed by atoms with Crippen LogP contribution in [0, 0.1) is 17.8 Å². The summed E-state index contributed by atoms with van der Waals surface area (Å²) >= 11 is 0. The Morgan fingerprint density at radius 2 is 1.84 bits per heavy atom. The van der Waals surface area contributed by atoms with Crippen LogP contribution >= 0.6 is 0 Å². The summed E-state index contributed by atoms with van der Waals surface area (Å²) < 4.78 is 5.26. The fourth-order valence-corrected chi connectivity index (χ4v) is 4.19. The van der Waals surface area contributed by atoms with E-state index in [4.69, 9.17) is 20.5 Å². The fraction of sp³-hybridized carbons (Fsp3) is 0.857. The minimum atomic E-state index is -1.52. The van der Waals surface area contributed by atoms with E-state index in [0.29, 0.717) is 19.3 Å². The van der Waals surface area contributed by atoms with Crippen LogP contribution in [0.5, 0.6) is 0 Å². The zero-order valence-electron chi connectivity index (χ0n) is 20.1. The predicted molar refractivity (Wildman–Crippen MR) is 121 cm³/mol. The monoisotopic (exact) mass is 457 g/mol. The lowest BCUT2D eigenvalue weighted by molar-refractivity contribution is -0.150. The number of nitrogens with zero attached hydrogens (tertiary/aromatic N) is 1. The number of nitrogens with one attached hydrogen (secondary N) is 1. The van der Waals surface area contributed by atoms with E-state index in [1.54, 1.807) is 41.7 Å². The lowest BCUT2D eigenvalue weighted by Gasteiger charge is -2.43. The first-order valence-corrected chi connectivity index (χ1v) is 11.2. The standard InChI is InChI=1S/C21H40BN3O7/c1-13(2)16(24-19(29)32-20(3,4)5)17(26)25(6)12-15-8-7-14(9-10-22(30)31)11-21(15,23)18(27)28/h13-16,30-31H,7-12,23H2,1-6H3,(H,24,29)(H,27,28)/t14-,15-,16-,21+/m0/s1. The number of amides is 2. The van der Waals surface area contributed by atoms with E-state index in [9.17, 15) is 19.5 Å². The molecule has 2 amide bonds. The maximum absolute atomic E-state index is 13.1. The van der Waals surface area contributed by atoms with Gasteiger partial charge in [-0.15, -0.1) is 0 Å². The van der Waals surface area contributed by atoms with Crippen LogP contribution in [0.4, 0.5) is 4.79 Å². The number of hydrogen-bond donors (Lipinski definition) is 5. The summed E-state index contributed by atoms with van der Waals surface area (Å²) in [6.45, 7) is 8.94. The van der Waals surface area contributed by atoms with Crippen LogP contribution in [0.2, 0.25) is 6.32 Å². The molecule has 1 aliphatic carbocycles. The van der Waals surface area contributed by atoms with Crippen LogP contribution < -0.4 is 11.1 Å². The highest BCUT2D eigenvalue weighted by Gasteiger charge is 2.47. The van der Waals surface area contributed by atoms with Crippen LogP contribution in [-0.4, -0.2) is 75.9 Å². The molecule has 0 radical (unpaired) electrons. The molecule has 0 aromatic rings. The van der Waals surface area contributed by atoms with Crippen LogP contribution in [0.25, 0.3) is 0 Å². The largest absolute Gasteiger partial charge is 0.480 e. The maximum atomic E-state index is 13.1. The quantitative estimate of drug-likeness (QED) is 0.321. The van der Waals surface area contributed by atoms with Gasteiger partial charge < -0.3 is 35.8 Å². The first kappa shape index (κ1) is 28.2. The Kier molecular flexibility index (Phi) is 9.98. The second-order valence-corrected chi connectivity index (χ2v) is 10.3. The summed E-state index contributed by atoms with van der Waals surface area (Å²) in [7, 11) is 0.143. The van der Waals surface area contributed by atoms with Crippen molar-refractivity contribution in [3.05, 3.63) is 0 Å². The van der Waals surface area contributed by atoms with E-state index in [0.717, 1.165) is 0 Å². The van der Waals surface area contributed by atoms with Crippen molar-refractivity contribution in [2.45, 2.75) is 83.8 Å². The zero-order valence-corrected chi connectivity index (χ0v) is 20.1. The summed E-state index contributed by atoms with van der Waals surface area (Å²) in [5, 5.41) is 30.7. The van der Waals surface area contributed by atoms with E-state index in [1.165, 1.54) is 4.90 Å². The van der Waals surface area contributed by atoms with Gasteiger partial charge in [0.15, 0.2) is 0 Å². The molecule has 0 aliphatic heterocycles. The third kappa shape index (κ3) is 8.25. The molecule has 32 heavy (non-hydrogen) atoms. The van der Waals surface area contributed by atoms with Gasteiger partial charge in [0.1, 0.15) is 17.2 Å². The van der Waals surface area contributed by atoms with Gasteiger partial charge in [-0.1, -0.05) is 20.3 Å². The minimum Gasteiger partial charge on any atom is -0.480 e. The molecule has 10 nitrogen and oxygen atoms in total. The second-order valence-electron chi connectivity index (χ2n) is 10.3. The molecule has 184 valence electrons. The number of carboxylic acids is 1. The van der Waals surface area contributed by atoms with E-state index in [2.05, 4.69) is 5.32 Å². The van der Waals surface area contributed by atoms with E-state index in [1.807, 2.05) is 0 Å². The van der Waals surface area contributed by atoms with Crippen molar-refractivity contribution in [2.75, 3.05) is 13.6 Å². The molecule has 11 heteroatoms. The van der Waals surface area contributed by atoms with E-state index < -0.39 is 42.3 Å². The van der Waals surface area contributed by atoms with Gasteiger partial charge in [-0.2, -0.15) is 0 Å². The van der Waals surface area contributed by atoms with Crippen LogP contribution in [0.15, 0.2) is 0 Å². The van der Waals surface area contributed by atoms with Crippen molar-refractivity contribution in [1.29, 1.82) is 0 Å². The van der Waals surface area contributed by atoms with Crippen LogP contribution in [-0.2, 0) is 14.3 Å². The molecular formula is C21H40BN3O7. The van der Waals surface area contributed by atoms with Gasteiger partial charge in [-0.05, 0) is 58.2 Å². The number of nitrogens with two attached hydrogens (primary N) is 1. The SMILES string of the molecule is CC(C)[C@H](NC(=O)OC(C)(C)C)C(=O)N(C)C[C@@H]1CC[C@@H](CCB(O)O)C[C@]1(N)C(=O)O. The summed E-state index contributed by atoms with van der Waals surface area (Å²) in [6, 6.07) is -0.825. The number of carboxylic acid groups (broad SMARTS) is 1. The van der Waals surface area contributed by atoms with E-state index in [-0.39, 0.29) is 37.0 Å². The number of hydrogen-bond acceptors (Lipinski definition) is 7. The average Bonchev–Trinajstić information content (AvgIpc) is 2.63. The maximum Gasteiger partial charge on any atom is 0.451 e. The lowest BCUT2D eigenvalue weighted by Crippen LogP contribution is -2.61. The third-order valence-electron chi connectivity index (χ3n) is 5.99. The molecule has 0 aromatic carbocycles. The van der Waals surface area contributed by atoms with Crippen molar-refractivity contribution in [1.82, 2.24) is 10.2 Å². The Balaban J connectivity index is 2.88. The fourth-order valence-electron chi connectivity index (χ4n) is 4.19. The van der Waals surface area contributed by atoms with Gasteiger partial charge in [0.2, 0.25) is 5.91 Å². The molecule has 1 saturated carbocycles. The molecule has 0 heterocycles. The van der Waals surface area contributed by atoms with E-state index >= 15 is 0 Å². The number of likely N-dealkylation sites (N-methyl/N-ethyl adjacent to an activating group) is 1. The molecule has 0 aromatic heterocycles. The number of ether oxygens (including phenoxy) is 1. The number of rotatable bonds is 9. The van der Waals surface area contributed by atoms with Gasteiger partial charge >= 0.3 is 19.2 Å². The predicted octanol–water partition coefficient (Wildman–Crippen LogP) is 1.06. The molecule has 0 unspecified atom stereocenters. The number of carbonyl (C=O) groups excluding carboxylic acids is 2. The lowest BCUT2D eigenvalue weighted by atomic mass is 9.66. The van der Waals surface area contributed by atoms with Crippen molar-refractivity contribution in [3.63, 3.8) is 0 Å². The summed E-state index contributed by atoms with van der Waals surface area (Å²) in [6.07, 6.45) is 1.33. The molecular weight excluding hydrogens is 417 g/mol. The number of alkyl carbamates (subject to hydrolysis) is 1. The van der Waals surface area contributed by atoms with Crippen LogP contribution in [0.1, 0.15) is 60.3 Å². The Labute approximate surface area is 191 Å². The van der Waals surface area contributed by atoms with Crippen molar-refractivity contribution < 1.29 is 34.3 Å². The van der Waals surface area contributed by atoms with Gasteiger partial charge in [0.05, 0.1) is 0 Å². The molecule has 1 rings (SSSR count). The molecule has 0 saturated heterocycles. The summed E-state index contributed by atoms with van der Waals surface area (Å²) in [4.78, 5) is 38.8. The van der Waals surface area contributed by atoms with Gasteiger partial charge in [-0.3, -0.25) is 9.59 Å². The van der Waals surface area contributed by atoms with Crippen LogP contribution in [0.3, 0.4) is 0 Å². The number of aliphatic carboxylic acids is 1. The van der Waals surface area contributed by atoms with Gasteiger partial charge in [-0.25, -0.2) is 4.79 Å². The first-order valence-electron chi connectivity index (χ1n) is 11.2. The highest BCUT2D eigenvalue weighted by Crippen LogP contribution is 2.38. The zero-order chi connectivity index (χ0) is 24.9. The Morgan fingerprint density at radius 3 is 2.31 bits per heavy atom. The Hall–Kier alpha value is -1.85. The second kappa shape index (κ2) is 11.3. The van der Waals surface area contributed by atoms with Crippen molar-refractivity contribution in [3.8, 4) is 0 Å².